The zero-order chi connectivity index (χ0) is 13.3. The molecule has 1 aromatic heterocycles. The number of morpholine rings is 1. The summed E-state index contributed by atoms with van der Waals surface area (Å²) < 4.78 is 7.23. The molecule has 2 heterocycles. The third-order valence-corrected chi connectivity index (χ3v) is 3.62. The van der Waals surface area contributed by atoms with E-state index in [0.29, 0.717) is 24.7 Å². The van der Waals surface area contributed by atoms with E-state index in [1.54, 1.807) is 4.68 Å². The highest BCUT2D eigenvalue weighted by molar-refractivity contribution is 6.31. The van der Waals surface area contributed by atoms with Crippen molar-refractivity contribution in [2.45, 2.75) is 19.6 Å². The van der Waals surface area contributed by atoms with Gasteiger partial charge >= 0.3 is 0 Å². The lowest BCUT2D eigenvalue weighted by Gasteiger charge is -2.32. The van der Waals surface area contributed by atoms with E-state index in [1.165, 1.54) is 0 Å². The summed E-state index contributed by atoms with van der Waals surface area (Å²) in [7, 11) is 1.89. The van der Waals surface area contributed by atoms with E-state index in [9.17, 15) is 0 Å². The highest BCUT2D eigenvalue weighted by atomic mass is 35.5. The molecule has 0 spiro atoms. The van der Waals surface area contributed by atoms with Crippen LogP contribution in [0.1, 0.15) is 11.4 Å². The van der Waals surface area contributed by atoms with Crippen molar-refractivity contribution in [2.75, 3.05) is 19.7 Å². The van der Waals surface area contributed by atoms with Crippen LogP contribution < -0.4 is 5.73 Å². The first-order valence-corrected chi connectivity index (χ1v) is 6.22. The van der Waals surface area contributed by atoms with Gasteiger partial charge in [-0.2, -0.15) is 5.10 Å². The lowest BCUT2D eigenvalue weighted by atomic mass is 10.2. The Balaban J connectivity index is 2.07. The molecule has 1 saturated heterocycles. The van der Waals surface area contributed by atoms with Crippen LogP contribution >= 0.6 is 11.6 Å². The van der Waals surface area contributed by atoms with Crippen molar-refractivity contribution in [3.63, 3.8) is 0 Å². The number of halogens is 1. The van der Waals surface area contributed by atoms with Crippen LogP contribution in [0.15, 0.2) is 0 Å². The molecule has 0 aliphatic carbocycles. The number of nitrogens with one attached hydrogen (secondary N) is 1. The Morgan fingerprint density at radius 3 is 2.94 bits per heavy atom. The van der Waals surface area contributed by atoms with Gasteiger partial charge in [0.15, 0.2) is 0 Å². The van der Waals surface area contributed by atoms with Crippen molar-refractivity contribution in [1.82, 2.24) is 14.7 Å². The predicted molar refractivity (Wildman–Crippen MR) is 69.9 cm³/mol. The third-order valence-electron chi connectivity index (χ3n) is 3.13. The van der Waals surface area contributed by atoms with Gasteiger partial charge in [0.2, 0.25) is 0 Å². The summed E-state index contributed by atoms with van der Waals surface area (Å²) >= 11 is 6.22. The number of hydrogen-bond donors (Lipinski definition) is 2. The summed E-state index contributed by atoms with van der Waals surface area (Å²) in [6.45, 7) is 4.60. The smallest absolute Gasteiger partial charge is 0.127 e. The van der Waals surface area contributed by atoms with Crippen molar-refractivity contribution >= 4 is 17.4 Å². The van der Waals surface area contributed by atoms with Gasteiger partial charge in [0, 0.05) is 26.7 Å². The quantitative estimate of drug-likeness (QED) is 0.620. The normalized spacial score (nSPS) is 21.2. The van der Waals surface area contributed by atoms with Gasteiger partial charge in [-0.05, 0) is 6.92 Å². The number of rotatable bonds is 3. The topological polar surface area (TPSA) is 80.2 Å². The summed E-state index contributed by atoms with van der Waals surface area (Å²) in [5.41, 5.74) is 7.30. The fourth-order valence-corrected chi connectivity index (χ4v) is 2.32. The summed E-state index contributed by atoms with van der Waals surface area (Å²) in [5.74, 6) is 0.0759. The van der Waals surface area contributed by atoms with Gasteiger partial charge in [0.1, 0.15) is 11.9 Å². The Bertz CT molecular complexity index is 459. The number of amidine groups is 1. The van der Waals surface area contributed by atoms with Gasteiger partial charge in [-0.1, -0.05) is 11.6 Å². The van der Waals surface area contributed by atoms with Gasteiger partial charge in [-0.15, -0.1) is 0 Å². The molecule has 100 valence electrons. The third kappa shape index (κ3) is 2.66. The number of nitrogens with zero attached hydrogens (tertiary/aromatic N) is 3. The Labute approximate surface area is 111 Å². The standard InChI is InChI=1S/C11H18ClN5O/c1-7-10(12)8(16(2)15-7)5-17-3-4-18-9(6-17)11(13)14/h9H,3-6H2,1-2H3,(H3,13,14). The Kier molecular flexibility index (Phi) is 3.89. The number of hydrogen-bond acceptors (Lipinski definition) is 4. The van der Waals surface area contributed by atoms with Gasteiger partial charge in [-0.3, -0.25) is 15.0 Å². The maximum atomic E-state index is 7.43. The van der Waals surface area contributed by atoms with Crippen LogP contribution in [0.5, 0.6) is 0 Å². The van der Waals surface area contributed by atoms with E-state index in [2.05, 4.69) is 10.00 Å². The SMILES string of the molecule is Cc1nn(C)c(CN2CCOC(C(=N)N)C2)c1Cl. The van der Waals surface area contributed by atoms with E-state index < -0.39 is 0 Å². The molecule has 0 radical (unpaired) electrons. The molecule has 7 heteroatoms. The Hall–Kier alpha value is -1.11. The van der Waals surface area contributed by atoms with Crippen molar-refractivity contribution in [3.8, 4) is 0 Å². The average Bonchev–Trinajstić information content (AvgIpc) is 2.56. The maximum absolute atomic E-state index is 7.43. The van der Waals surface area contributed by atoms with E-state index in [1.807, 2.05) is 14.0 Å². The summed E-state index contributed by atoms with van der Waals surface area (Å²) in [6.07, 6.45) is -0.313. The molecule has 0 bridgehead atoms. The second-order valence-electron chi connectivity index (χ2n) is 4.52. The van der Waals surface area contributed by atoms with Crippen LogP contribution in [0, 0.1) is 12.3 Å². The fourth-order valence-electron chi connectivity index (χ4n) is 2.10. The molecule has 0 aromatic carbocycles. The van der Waals surface area contributed by atoms with Gasteiger partial charge in [0.05, 0.1) is 23.0 Å². The Morgan fingerprint density at radius 1 is 1.67 bits per heavy atom. The van der Waals surface area contributed by atoms with Crippen LogP contribution in [-0.2, 0) is 18.3 Å². The molecule has 1 aliphatic heterocycles. The van der Waals surface area contributed by atoms with E-state index in [-0.39, 0.29) is 11.9 Å². The molecule has 2 rings (SSSR count). The molecule has 3 N–H and O–H groups in total. The van der Waals surface area contributed by atoms with E-state index in [4.69, 9.17) is 27.5 Å². The first kappa shape index (κ1) is 13.3. The predicted octanol–water partition coefficient (Wildman–Crippen LogP) is 0.519. The molecule has 0 saturated carbocycles. The fraction of sp³-hybridized carbons (Fsp3) is 0.636. The molecule has 1 fully saturated rings. The Morgan fingerprint density at radius 2 is 2.39 bits per heavy atom. The second kappa shape index (κ2) is 5.26. The first-order chi connectivity index (χ1) is 8.49. The zero-order valence-corrected chi connectivity index (χ0v) is 11.4. The van der Waals surface area contributed by atoms with Crippen molar-refractivity contribution < 1.29 is 4.74 Å². The summed E-state index contributed by atoms with van der Waals surface area (Å²) in [4.78, 5) is 2.18. The molecule has 6 nitrogen and oxygen atoms in total. The van der Waals surface area contributed by atoms with Gasteiger partial charge < -0.3 is 10.5 Å². The molecule has 1 unspecified atom stereocenters. The first-order valence-electron chi connectivity index (χ1n) is 5.85. The molecule has 1 aromatic rings. The lowest BCUT2D eigenvalue weighted by Crippen LogP contribution is -2.47. The molecular formula is C11H18ClN5O. The number of ether oxygens (including phenoxy) is 1. The largest absolute Gasteiger partial charge is 0.385 e. The van der Waals surface area contributed by atoms with Gasteiger partial charge in [-0.25, -0.2) is 0 Å². The average molecular weight is 272 g/mol. The van der Waals surface area contributed by atoms with Crippen molar-refractivity contribution in [1.29, 1.82) is 5.41 Å². The molecule has 1 atom stereocenters. The van der Waals surface area contributed by atoms with Crippen molar-refractivity contribution in [2.24, 2.45) is 12.8 Å². The van der Waals surface area contributed by atoms with Crippen LogP contribution in [-0.4, -0.2) is 46.3 Å². The zero-order valence-electron chi connectivity index (χ0n) is 10.6. The molecule has 18 heavy (non-hydrogen) atoms. The number of nitrogens with two attached hydrogens (primary N) is 1. The highest BCUT2D eigenvalue weighted by Gasteiger charge is 2.24. The van der Waals surface area contributed by atoms with Gasteiger partial charge in [0.25, 0.3) is 0 Å². The number of aromatic nitrogens is 2. The molecular weight excluding hydrogens is 254 g/mol. The summed E-state index contributed by atoms with van der Waals surface area (Å²) in [5, 5.41) is 12.4. The van der Waals surface area contributed by atoms with Crippen LogP contribution in [0.2, 0.25) is 5.02 Å². The maximum Gasteiger partial charge on any atom is 0.127 e. The summed E-state index contributed by atoms with van der Waals surface area (Å²) in [6, 6.07) is 0. The van der Waals surface area contributed by atoms with Crippen LogP contribution in [0.4, 0.5) is 0 Å². The second-order valence-corrected chi connectivity index (χ2v) is 4.90. The van der Waals surface area contributed by atoms with Crippen LogP contribution in [0.25, 0.3) is 0 Å². The monoisotopic (exact) mass is 271 g/mol. The molecule has 1 aliphatic rings. The minimum atomic E-state index is -0.313. The van der Waals surface area contributed by atoms with E-state index >= 15 is 0 Å². The van der Waals surface area contributed by atoms with Crippen LogP contribution in [0.3, 0.4) is 0 Å². The highest BCUT2D eigenvalue weighted by Crippen LogP contribution is 2.21. The number of aryl methyl sites for hydroxylation is 2. The molecule has 0 amide bonds. The lowest BCUT2D eigenvalue weighted by molar-refractivity contribution is 0.00154. The van der Waals surface area contributed by atoms with Crippen molar-refractivity contribution in [3.05, 3.63) is 16.4 Å². The minimum Gasteiger partial charge on any atom is -0.385 e. The minimum absolute atomic E-state index is 0.0759. The van der Waals surface area contributed by atoms with E-state index in [0.717, 1.165) is 17.9 Å².